The first-order valence-electron chi connectivity index (χ1n) is 9.30. The summed E-state index contributed by atoms with van der Waals surface area (Å²) < 4.78 is 26.4. The molecule has 0 spiro atoms. The minimum Gasteiger partial charge on any atom is -0.352 e. The molecule has 1 N–H and O–H groups in total. The number of amides is 1. The van der Waals surface area contributed by atoms with Crippen molar-refractivity contribution >= 4 is 29.3 Å². The highest BCUT2D eigenvalue weighted by Gasteiger charge is 2.23. The Labute approximate surface area is 173 Å². The van der Waals surface area contributed by atoms with E-state index in [1.807, 2.05) is 31.2 Å². The molecule has 0 bridgehead atoms. The van der Waals surface area contributed by atoms with Crippen molar-refractivity contribution < 1.29 is 13.6 Å². The van der Waals surface area contributed by atoms with Crippen molar-refractivity contribution in [2.75, 3.05) is 13.1 Å². The zero-order chi connectivity index (χ0) is 20.1. The number of hydrogen-bond donors (Lipinski definition) is 1. The van der Waals surface area contributed by atoms with E-state index >= 15 is 0 Å². The average Bonchev–Trinajstić information content (AvgIpc) is 2.68. The third kappa shape index (κ3) is 5.69. The van der Waals surface area contributed by atoms with E-state index in [4.69, 9.17) is 11.6 Å². The van der Waals surface area contributed by atoms with E-state index < -0.39 is 11.6 Å². The van der Waals surface area contributed by atoms with Gasteiger partial charge < -0.3 is 5.32 Å². The molecule has 0 aromatic heterocycles. The third-order valence-corrected chi connectivity index (χ3v) is 6.45. The van der Waals surface area contributed by atoms with Crippen molar-refractivity contribution in [3.63, 3.8) is 0 Å². The van der Waals surface area contributed by atoms with Gasteiger partial charge in [-0.3, -0.25) is 9.69 Å². The summed E-state index contributed by atoms with van der Waals surface area (Å²) >= 11 is 7.61. The van der Waals surface area contributed by atoms with Crippen molar-refractivity contribution in [3.8, 4) is 0 Å². The lowest BCUT2D eigenvalue weighted by molar-refractivity contribution is -0.121. The molecule has 1 amide bonds. The molecule has 0 radical (unpaired) electrons. The first kappa shape index (κ1) is 21.1. The number of carbonyl (C=O) groups is 1. The lowest BCUT2D eigenvalue weighted by Gasteiger charge is -2.32. The van der Waals surface area contributed by atoms with Crippen LogP contribution < -0.4 is 5.32 Å². The zero-order valence-corrected chi connectivity index (χ0v) is 17.2. The molecule has 2 aromatic carbocycles. The van der Waals surface area contributed by atoms with E-state index in [1.54, 1.807) is 6.07 Å². The fourth-order valence-corrected chi connectivity index (χ4v) is 4.40. The molecule has 7 heteroatoms. The summed E-state index contributed by atoms with van der Waals surface area (Å²) in [4.78, 5) is 15.6. The summed E-state index contributed by atoms with van der Waals surface area (Å²) in [5.74, 6) is -1.64. The monoisotopic (exact) mass is 424 g/mol. The number of nitrogens with zero attached hydrogens (tertiary/aromatic N) is 1. The summed E-state index contributed by atoms with van der Waals surface area (Å²) in [7, 11) is 0. The van der Waals surface area contributed by atoms with Gasteiger partial charge in [0.15, 0.2) is 11.6 Å². The smallest absolute Gasteiger partial charge is 0.233 e. The van der Waals surface area contributed by atoms with Crippen LogP contribution in [-0.4, -0.2) is 35.2 Å². The molecule has 0 aliphatic carbocycles. The number of likely N-dealkylation sites (tertiary alicyclic amines) is 1. The molecular formula is C21H23ClF2N2OS. The molecule has 28 heavy (non-hydrogen) atoms. The van der Waals surface area contributed by atoms with E-state index in [9.17, 15) is 13.6 Å². The Morgan fingerprint density at radius 1 is 1.21 bits per heavy atom. The maximum absolute atomic E-state index is 13.3. The van der Waals surface area contributed by atoms with Gasteiger partial charge in [0.05, 0.1) is 10.3 Å². The fraction of sp³-hybridized carbons (Fsp3) is 0.381. The number of nitrogens with one attached hydrogen (secondary N) is 1. The SMILES string of the molecule is CC(Sc1ccccc1Cl)C(=O)NC1CCN(Cc2ccc(F)c(F)c2)CC1. The second kappa shape index (κ2) is 9.72. The Hall–Kier alpha value is -1.63. The van der Waals surface area contributed by atoms with Crippen LogP contribution in [0.3, 0.4) is 0 Å². The molecule has 1 saturated heterocycles. The molecule has 0 saturated carbocycles. The predicted octanol–water partition coefficient (Wildman–Crippen LogP) is 4.88. The second-order valence-corrected chi connectivity index (χ2v) is 8.79. The average molecular weight is 425 g/mol. The molecule has 1 fully saturated rings. The maximum Gasteiger partial charge on any atom is 0.233 e. The number of carbonyl (C=O) groups excluding carboxylic acids is 1. The lowest BCUT2D eigenvalue weighted by Crippen LogP contribution is -2.46. The van der Waals surface area contributed by atoms with Gasteiger partial charge in [-0.1, -0.05) is 29.8 Å². The molecule has 1 atom stereocenters. The second-order valence-electron chi connectivity index (χ2n) is 7.00. The minimum atomic E-state index is -0.825. The highest BCUT2D eigenvalue weighted by atomic mass is 35.5. The highest BCUT2D eigenvalue weighted by molar-refractivity contribution is 8.00. The van der Waals surface area contributed by atoms with Crippen LogP contribution in [0.2, 0.25) is 5.02 Å². The van der Waals surface area contributed by atoms with Crippen LogP contribution in [0, 0.1) is 11.6 Å². The number of benzene rings is 2. The van der Waals surface area contributed by atoms with Gasteiger partial charge in [-0.05, 0) is 49.6 Å². The van der Waals surface area contributed by atoms with Crippen LogP contribution in [-0.2, 0) is 11.3 Å². The van der Waals surface area contributed by atoms with Gasteiger partial charge in [0.2, 0.25) is 5.91 Å². The van der Waals surface area contributed by atoms with E-state index in [0.29, 0.717) is 11.6 Å². The van der Waals surface area contributed by atoms with Crippen LogP contribution in [0.15, 0.2) is 47.4 Å². The van der Waals surface area contributed by atoms with Gasteiger partial charge >= 0.3 is 0 Å². The molecule has 2 aromatic rings. The van der Waals surface area contributed by atoms with Crippen LogP contribution in [0.5, 0.6) is 0 Å². The first-order valence-corrected chi connectivity index (χ1v) is 10.6. The van der Waals surface area contributed by atoms with Crippen molar-refractivity contribution in [3.05, 3.63) is 64.7 Å². The summed E-state index contributed by atoms with van der Waals surface area (Å²) in [6.45, 7) is 4.06. The largest absolute Gasteiger partial charge is 0.352 e. The standard InChI is InChI=1S/C21H23ClF2N2OS/c1-14(28-20-5-3-2-4-17(20)22)21(27)25-16-8-10-26(11-9-16)13-15-6-7-18(23)19(24)12-15/h2-7,12,14,16H,8-11,13H2,1H3,(H,25,27). The molecule has 1 heterocycles. The van der Waals surface area contributed by atoms with Gasteiger partial charge in [-0.2, -0.15) is 0 Å². The molecule has 1 unspecified atom stereocenters. The fourth-order valence-electron chi connectivity index (χ4n) is 3.23. The number of hydrogen-bond acceptors (Lipinski definition) is 3. The zero-order valence-electron chi connectivity index (χ0n) is 15.6. The van der Waals surface area contributed by atoms with E-state index in [2.05, 4.69) is 10.2 Å². The van der Waals surface area contributed by atoms with Crippen LogP contribution in [0.1, 0.15) is 25.3 Å². The van der Waals surface area contributed by atoms with Crippen LogP contribution >= 0.6 is 23.4 Å². The van der Waals surface area contributed by atoms with Crippen molar-refractivity contribution in [1.82, 2.24) is 10.2 Å². The first-order chi connectivity index (χ1) is 13.4. The Morgan fingerprint density at radius 2 is 1.93 bits per heavy atom. The van der Waals surface area contributed by atoms with Gasteiger partial charge in [-0.25, -0.2) is 8.78 Å². The predicted molar refractivity (Wildman–Crippen MR) is 110 cm³/mol. The molecule has 1 aliphatic heterocycles. The summed E-state index contributed by atoms with van der Waals surface area (Å²) in [5, 5.41) is 3.53. The third-order valence-electron chi connectivity index (χ3n) is 4.83. The van der Waals surface area contributed by atoms with Crippen molar-refractivity contribution in [2.24, 2.45) is 0 Å². The van der Waals surface area contributed by atoms with E-state index in [-0.39, 0.29) is 17.2 Å². The normalized spacial score (nSPS) is 16.7. The maximum atomic E-state index is 13.3. The van der Waals surface area contributed by atoms with E-state index in [0.717, 1.165) is 42.5 Å². The minimum absolute atomic E-state index is 0.00368. The van der Waals surface area contributed by atoms with Gasteiger partial charge in [0, 0.05) is 30.6 Å². The molecular weight excluding hydrogens is 402 g/mol. The molecule has 150 valence electrons. The van der Waals surface area contributed by atoms with Crippen molar-refractivity contribution in [2.45, 2.75) is 42.5 Å². The Bertz CT molecular complexity index is 828. The Kier molecular flexibility index (Phi) is 7.32. The Balaban J connectivity index is 1.45. The highest BCUT2D eigenvalue weighted by Crippen LogP contribution is 2.30. The number of thioether (sulfide) groups is 1. The molecule has 3 rings (SSSR count). The topological polar surface area (TPSA) is 32.3 Å². The Morgan fingerprint density at radius 3 is 2.61 bits per heavy atom. The summed E-state index contributed by atoms with van der Waals surface area (Å²) in [6, 6.07) is 11.6. The number of piperidine rings is 1. The van der Waals surface area contributed by atoms with Crippen LogP contribution in [0.25, 0.3) is 0 Å². The number of rotatable bonds is 6. The number of halogens is 3. The molecule has 1 aliphatic rings. The summed E-state index contributed by atoms with van der Waals surface area (Å²) in [5.41, 5.74) is 0.756. The summed E-state index contributed by atoms with van der Waals surface area (Å²) in [6.07, 6.45) is 1.66. The van der Waals surface area contributed by atoms with Gasteiger partial charge in [0.1, 0.15) is 0 Å². The van der Waals surface area contributed by atoms with E-state index in [1.165, 1.54) is 17.8 Å². The van der Waals surface area contributed by atoms with Crippen LogP contribution in [0.4, 0.5) is 8.78 Å². The van der Waals surface area contributed by atoms with Gasteiger partial charge in [-0.15, -0.1) is 11.8 Å². The lowest BCUT2D eigenvalue weighted by atomic mass is 10.0. The molecule has 3 nitrogen and oxygen atoms in total. The van der Waals surface area contributed by atoms with Gasteiger partial charge in [0.25, 0.3) is 0 Å². The quantitative estimate of drug-likeness (QED) is 0.671. The van der Waals surface area contributed by atoms with Crippen molar-refractivity contribution in [1.29, 1.82) is 0 Å².